The topological polar surface area (TPSA) is 105 Å². The second kappa shape index (κ2) is 9.22. The second-order valence-corrected chi connectivity index (χ2v) is 5.46. The number of aliphatic carboxylic acids is 1. The molecule has 2 rings (SSSR count). The van der Waals surface area contributed by atoms with Crippen LogP contribution in [0.1, 0.15) is 22.8 Å². The van der Waals surface area contributed by atoms with Crippen molar-refractivity contribution < 1.29 is 24.2 Å². The molecule has 0 bridgehead atoms. The van der Waals surface area contributed by atoms with E-state index in [1.54, 1.807) is 12.1 Å². The second-order valence-electron chi connectivity index (χ2n) is 5.46. The Morgan fingerprint density at radius 3 is 2.23 bits per heavy atom. The predicted octanol–water partition coefficient (Wildman–Crippen LogP) is 2.08. The number of hydrogen-bond acceptors (Lipinski definition) is 4. The summed E-state index contributed by atoms with van der Waals surface area (Å²) in [5, 5.41) is 13.6. The number of carbonyl (C=O) groups excluding carboxylic acids is 2. The molecule has 0 aliphatic carbocycles. The average Bonchev–Trinajstić information content (AvgIpc) is 2.62. The Bertz CT molecular complexity index is 770. The van der Waals surface area contributed by atoms with Crippen molar-refractivity contribution in [2.45, 2.75) is 13.3 Å². The number of carboxylic acids is 1. The van der Waals surface area contributed by atoms with Crippen LogP contribution in [0.15, 0.2) is 48.5 Å². The summed E-state index contributed by atoms with van der Waals surface area (Å²) in [6, 6.07) is 13.5. The summed E-state index contributed by atoms with van der Waals surface area (Å²) in [7, 11) is 0. The minimum absolute atomic E-state index is 0.183. The summed E-state index contributed by atoms with van der Waals surface area (Å²) in [6.45, 7) is 2.05. The zero-order valence-corrected chi connectivity index (χ0v) is 14.3. The lowest BCUT2D eigenvalue weighted by Gasteiger charge is -2.08. The van der Waals surface area contributed by atoms with Crippen molar-refractivity contribution >= 4 is 23.5 Å². The van der Waals surface area contributed by atoms with E-state index in [1.807, 2.05) is 31.2 Å². The van der Waals surface area contributed by atoms with E-state index in [-0.39, 0.29) is 12.3 Å². The van der Waals surface area contributed by atoms with Crippen molar-refractivity contribution in [3.63, 3.8) is 0 Å². The number of ether oxygens (including phenoxy) is 1. The van der Waals surface area contributed by atoms with Gasteiger partial charge in [0.25, 0.3) is 5.91 Å². The Kier molecular flexibility index (Phi) is 6.73. The lowest BCUT2D eigenvalue weighted by atomic mass is 10.1. The molecule has 7 heteroatoms. The van der Waals surface area contributed by atoms with Gasteiger partial charge in [-0.05, 0) is 48.9 Å². The van der Waals surface area contributed by atoms with Crippen LogP contribution in [0.2, 0.25) is 0 Å². The maximum atomic E-state index is 12.1. The zero-order valence-electron chi connectivity index (χ0n) is 14.3. The largest absolute Gasteiger partial charge is 0.494 e. The summed E-state index contributed by atoms with van der Waals surface area (Å²) in [4.78, 5) is 34.3. The Morgan fingerprint density at radius 2 is 1.65 bits per heavy atom. The fourth-order valence-electron chi connectivity index (χ4n) is 2.22. The highest BCUT2D eigenvalue weighted by molar-refractivity contribution is 5.97. The molecule has 0 heterocycles. The highest BCUT2D eigenvalue weighted by Gasteiger charge is 2.08. The first-order chi connectivity index (χ1) is 12.5. The smallest absolute Gasteiger partial charge is 0.322 e. The van der Waals surface area contributed by atoms with E-state index >= 15 is 0 Å². The zero-order chi connectivity index (χ0) is 18.9. The van der Waals surface area contributed by atoms with E-state index in [9.17, 15) is 14.4 Å². The van der Waals surface area contributed by atoms with Crippen LogP contribution in [0.4, 0.5) is 5.69 Å². The van der Waals surface area contributed by atoms with Crippen LogP contribution in [0.25, 0.3) is 0 Å². The van der Waals surface area contributed by atoms with Crippen molar-refractivity contribution in [1.29, 1.82) is 0 Å². The van der Waals surface area contributed by atoms with E-state index in [0.29, 0.717) is 17.9 Å². The Hall–Kier alpha value is -3.35. The predicted molar refractivity (Wildman–Crippen MR) is 96.4 cm³/mol. The van der Waals surface area contributed by atoms with Gasteiger partial charge in [0.2, 0.25) is 5.91 Å². The fourth-order valence-corrected chi connectivity index (χ4v) is 2.22. The van der Waals surface area contributed by atoms with Crippen LogP contribution in [-0.2, 0) is 16.0 Å². The third kappa shape index (κ3) is 5.94. The minimum atomic E-state index is -1.11. The molecule has 0 spiro atoms. The SMILES string of the molecule is CCOc1ccc(CC(=O)Nc2ccc(C(=O)NCC(=O)O)cc2)cc1. The van der Waals surface area contributed by atoms with E-state index in [1.165, 1.54) is 12.1 Å². The van der Waals surface area contributed by atoms with Gasteiger partial charge in [-0.15, -0.1) is 0 Å². The van der Waals surface area contributed by atoms with Crippen LogP contribution in [0, 0.1) is 0 Å². The first-order valence-corrected chi connectivity index (χ1v) is 8.09. The number of nitrogens with one attached hydrogen (secondary N) is 2. The van der Waals surface area contributed by atoms with Crippen molar-refractivity contribution in [2.75, 3.05) is 18.5 Å². The van der Waals surface area contributed by atoms with Crippen LogP contribution in [0.5, 0.6) is 5.75 Å². The lowest BCUT2D eigenvalue weighted by Crippen LogP contribution is -2.29. The number of carboxylic acid groups (broad SMARTS) is 1. The normalized spacial score (nSPS) is 10.0. The molecule has 3 N–H and O–H groups in total. The van der Waals surface area contributed by atoms with Crippen LogP contribution < -0.4 is 15.4 Å². The molecule has 2 aromatic carbocycles. The van der Waals surface area contributed by atoms with Gasteiger partial charge in [-0.25, -0.2) is 0 Å². The van der Waals surface area contributed by atoms with Crippen molar-refractivity contribution in [1.82, 2.24) is 5.32 Å². The van der Waals surface area contributed by atoms with Crippen LogP contribution in [0.3, 0.4) is 0 Å². The number of amides is 2. The van der Waals surface area contributed by atoms with Gasteiger partial charge >= 0.3 is 5.97 Å². The third-order valence-electron chi connectivity index (χ3n) is 3.43. The molecule has 0 atom stereocenters. The summed E-state index contributed by atoms with van der Waals surface area (Å²) >= 11 is 0. The monoisotopic (exact) mass is 356 g/mol. The number of benzene rings is 2. The van der Waals surface area contributed by atoms with Gasteiger partial charge in [-0.2, -0.15) is 0 Å². The number of rotatable bonds is 8. The summed E-state index contributed by atoms with van der Waals surface area (Å²) < 4.78 is 5.36. The average molecular weight is 356 g/mol. The van der Waals surface area contributed by atoms with E-state index in [0.717, 1.165) is 11.3 Å². The van der Waals surface area contributed by atoms with Crippen LogP contribution in [-0.4, -0.2) is 36.0 Å². The molecular formula is C19H20N2O5. The molecule has 2 amide bonds. The Balaban J connectivity index is 1.88. The first kappa shape index (κ1) is 19.0. The van der Waals surface area contributed by atoms with Crippen molar-refractivity contribution in [3.8, 4) is 5.75 Å². The summed E-state index contributed by atoms with van der Waals surface area (Å²) in [5.74, 6) is -1.03. The van der Waals surface area contributed by atoms with Crippen molar-refractivity contribution in [2.24, 2.45) is 0 Å². The summed E-state index contributed by atoms with van der Waals surface area (Å²) in [5.41, 5.74) is 1.72. The molecule has 0 aliphatic heterocycles. The highest BCUT2D eigenvalue weighted by Crippen LogP contribution is 2.14. The third-order valence-corrected chi connectivity index (χ3v) is 3.43. The summed E-state index contributed by atoms with van der Waals surface area (Å²) in [6.07, 6.45) is 0.216. The molecule has 0 radical (unpaired) electrons. The van der Waals surface area contributed by atoms with E-state index in [4.69, 9.17) is 9.84 Å². The van der Waals surface area contributed by atoms with Gasteiger partial charge in [0, 0.05) is 11.3 Å². The molecule has 26 heavy (non-hydrogen) atoms. The van der Waals surface area contributed by atoms with Crippen molar-refractivity contribution in [3.05, 3.63) is 59.7 Å². The number of hydrogen-bond donors (Lipinski definition) is 3. The Labute approximate surface area is 151 Å². The maximum absolute atomic E-state index is 12.1. The highest BCUT2D eigenvalue weighted by atomic mass is 16.5. The standard InChI is InChI=1S/C19H20N2O5/c1-2-26-16-9-3-13(4-10-16)11-17(22)21-15-7-5-14(6-8-15)19(25)20-12-18(23)24/h3-10H,2,11-12H2,1H3,(H,20,25)(H,21,22)(H,23,24). The molecule has 0 aliphatic rings. The molecule has 0 aromatic heterocycles. The van der Waals surface area contributed by atoms with E-state index in [2.05, 4.69) is 10.6 Å². The van der Waals surface area contributed by atoms with Gasteiger partial charge in [0.15, 0.2) is 0 Å². The molecule has 2 aromatic rings. The van der Waals surface area contributed by atoms with Gasteiger partial charge in [-0.1, -0.05) is 12.1 Å². The Morgan fingerprint density at radius 1 is 1.00 bits per heavy atom. The minimum Gasteiger partial charge on any atom is -0.494 e. The molecule has 0 saturated carbocycles. The molecule has 0 unspecified atom stereocenters. The number of carbonyl (C=O) groups is 3. The van der Waals surface area contributed by atoms with Gasteiger partial charge in [-0.3, -0.25) is 14.4 Å². The maximum Gasteiger partial charge on any atom is 0.322 e. The molecular weight excluding hydrogens is 336 g/mol. The lowest BCUT2D eigenvalue weighted by molar-refractivity contribution is -0.135. The van der Waals surface area contributed by atoms with Gasteiger partial charge in [0.05, 0.1) is 13.0 Å². The molecule has 7 nitrogen and oxygen atoms in total. The fraction of sp³-hybridized carbons (Fsp3) is 0.211. The van der Waals surface area contributed by atoms with Crippen LogP contribution >= 0.6 is 0 Å². The van der Waals surface area contributed by atoms with Gasteiger partial charge < -0.3 is 20.5 Å². The molecule has 0 fully saturated rings. The molecule has 136 valence electrons. The first-order valence-electron chi connectivity index (χ1n) is 8.09. The quantitative estimate of drug-likeness (QED) is 0.672. The molecule has 0 saturated heterocycles. The number of anilines is 1. The van der Waals surface area contributed by atoms with Gasteiger partial charge in [0.1, 0.15) is 12.3 Å². The van der Waals surface area contributed by atoms with E-state index < -0.39 is 18.4 Å².